The van der Waals surface area contributed by atoms with Crippen LogP contribution in [0.5, 0.6) is 5.75 Å². The van der Waals surface area contributed by atoms with Gasteiger partial charge in [-0.3, -0.25) is 4.90 Å². The van der Waals surface area contributed by atoms with Crippen molar-refractivity contribution in [3.63, 3.8) is 0 Å². The minimum atomic E-state index is -4.45. The average Bonchev–Trinajstić information content (AvgIpc) is 2.50. The first-order valence-corrected chi connectivity index (χ1v) is 7.20. The van der Waals surface area contributed by atoms with Gasteiger partial charge in [0.15, 0.2) is 0 Å². The Kier molecular flexibility index (Phi) is 7.16. The standard InChI is InChI=1S/C16H17F3N2O.2ClH/c17-16(18,19)15(21-9-7-20-8-10-21)14-12-4-2-1-3-11(12)5-6-13(14)22;;/h1-6,15,20,22H,7-10H2;2*1H/t15-;;/m0../s1. The highest BCUT2D eigenvalue weighted by molar-refractivity contribution is 5.88. The van der Waals surface area contributed by atoms with Gasteiger partial charge in [-0.25, -0.2) is 0 Å². The summed E-state index contributed by atoms with van der Waals surface area (Å²) in [7, 11) is 0. The molecule has 3 nitrogen and oxygen atoms in total. The van der Waals surface area contributed by atoms with E-state index in [0.717, 1.165) is 0 Å². The first-order valence-electron chi connectivity index (χ1n) is 7.20. The van der Waals surface area contributed by atoms with Gasteiger partial charge in [0.05, 0.1) is 0 Å². The number of rotatable bonds is 2. The van der Waals surface area contributed by atoms with Crippen LogP contribution < -0.4 is 5.32 Å². The number of nitrogens with zero attached hydrogens (tertiary/aromatic N) is 1. The number of fused-ring (bicyclic) bond motifs is 1. The van der Waals surface area contributed by atoms with Crippen molar-refractivity contribution in [3.8, 4) is 5.75 Å². The molecule has 1 atom stereocenters. The fourth-order valence-electron chi connectivity index (χ4n) is 3.07. The molecular weight excluding hydrogens is 364 g/mol. The van der Waals surface area contributed by atoms with Crippen molar-refractivity contribution < 1.29 is 18.3 Å². The van der Waals surface area contributed by atoms with Crippen molar-refractivity contribution in [1.29, 1.82) is 0 Å². The summed E-state index contributed by atoms with van der Waals surface area (Å²) in [5, 5.41) is 14.3. The second-order valence-corrected chi connectivity index (χ2v) is 5.45. The monoisotopic (exact) mass is 382 g/mol. The lowest BCUT2D eigenvalue weighted by Crippen LogP contribution is -2.49. The maximum atomic E-state index is 13.7. The normalized spacial score (nSPS) is 17.0. The Morgan fingerprint density at radius 3 is 2.25 bits per heavy atom. The molecule has 8 heteroatoms. The van der Waals surface area contributed by atoms with Crippen LogP contribution in [0.4, 0.5) is 13.2 Å². The van der Waals surface area contributed by atoms with Crippen molar-refractivity contribution in [1.82, 2.24) is 10.2 Å². The number of phenols is 1. The summed E-state index contributed by atoms with van der Waals surface area (Å²) >= 11 is 0. The van der Waals surface area contributed by atoms with E-state index in [1.165, 1.54) is 11.0 Å². The lowest BCUT2D eigenvalue weighted by Gasteiger charge is -2.36. The molecule has 1 aliphatic rings. The van der Waals surface area contributed by atoms with Gasteiger partial charge in [0.1, 0.15) is 11.8 Å². The molecule has 0 saturated carbocycles. The number of nitrogens with one attached hydrogen (secondary N) is 1. The topological polar surface area (TPSA) is 35.5 Å². The first-order chi connectivity index (χ1) is 10.5. The van der Waals surface area contributed by atoms with Gasteiger partial charge in [0.2, 0.25) is 0 Å². The van der Waals surface area contributed by atoms with Gasteiger partial charge in [-0.2, -0.15) is 13.2 Å². The van der Waals surface area contributed by atoms with Crippen LogP contribution in [-0.2, 0) is 0 Å². The second-order valence-electron chi connectivity index (χ2n) is 5.45. The molecular formula is C16H19Cl2F3N2O. The zero-order valence-corrected chi connectivity index (χ0v) is 14.3. The van der Waals surface area contributed by atoms with Crippen LogP contribution in [-0.4, -0.2) is 42.4 Å². The average molecular weight is 383 g/mol. The highest BCUT2D eigenvalue weighted by Gasteiger charge is 2.46. The Labute approximate surface area is 150 Å². The molecule has 3 rings (SSSR count). The molecule has 0 spiro atoms. The molecule has 1 fully saturated rings. The molecule has 2 N–H and O–H groups in total. The number of alkyl halides is 3. The molecule has 0 aliphatic carbocycles. The summed E-state index contributed by atoms with van der Waals surface area (Å²) < 4.78 is 41.2. The minimum Gasteiger partial charge on any atom is -0.508 e. The Morgan fingerprint density at radius 1 is 1.00 bits per heavy atom. The fourth-order valence-corrected chi connectivity index (χ4v) is 3.07. The van der Waals surface area contributed by atoms with Gasteiger partial charge in [-0.05, 0) is 16.8 Å². The SMILES string of the molecule is Cl.Cl.Oc1ccc2ccccc2c1[C@H](N1CCNCC1)C(F)(F)F. The van der Waals surface area contributed by atoms with E-state index < -0.39 is 12.2 Å². The van der Waals surface area contributed by atoms with Gasteiger partial charge < -0.3 is 10.4 Å². The third kappa shape index (κ3) is 4.06. The quantitative estimate of drug-likeness (QED) is 0.826. The molecule has 1 saturated heterocycles. The molecule has 0 radical (unpaired) electrons. The molecule has 1 aliphatic heterocycles. The fraction of sp³-hybridized carbons (Fsp3) is 0.375. The van der Waals surface area contributed by atoms with Crippen molar-refractivity contribution in [3.05, 3.63) is 42.0 Å². The third-order valence-corrected chi connectivity index (χ3v) is 4.05. The number of aromatic hydroxyl groups is 1. The second kappa shape index (κ2) is 8.25. The smallest absolute Gasteiger partial charge is 0.408 e. The van der Waals surface area contributed by atoms with Gasteiger partial charge in [0, 0.05) is 31.7 Å². The van der Waals surface area contributed by atoms with Crippen LogP contribution >= 0.6 is 24.8 Å². The summed E-state index contributed by atoms with van der Waals surface area (Å²) in [5.74, 6) is -0.306. The highest BCUT2D eigenvalue weighted by atomic mass is 35.5. The third-order valence-electron chi connectivity index (χ3n) is 4.05. The molecule has 0 unspecified atom stereocenters. The Balaban J connectivity index is 0.00000144. The molecule has 0 bridgehead atoms. The number of hydrogen-bond donors (Lipinski definition) is 2. The van der Waals surface area contributed by atoms with Gasteiger partial charge in [0.25, 0.3) is 0 Å². The van der Waals surface area contributed by atoms with Crippen LogP contribution in [0.2, 0.25) is 0 Å². The number of piperazine rings is 1. The molecule has 0 aromatic heterocycles. The van der Waals surface area contributed by atoms with Crippen LogP contribution in [0, 0.1) is 0 Å². The van der Waals surface area contributed by atoms with Crippen molar-refractivity contribution in [2.24, 2.45) is 0 Å². The van der Waals surface area contributed by atoms with Crippen LogP contribution in [0.1, 0.15) is 11.6 Å². The predicted octanol–water partition coefficient (Wildman–Crippen LogP) is 3.90. The molecule has 24 heavy (non-hydrogen) atoms. The minimum absolute atomic E-state index is 0. The summed E-state index contributed by atoms with van der Waals surface area (Å²) in [6.45, 7) is 1.62. The van der Waals surface area contributed by atoms with Crippen LogP contribution in [0.15, 0.2) is 36.4 Å². The zero-order valence-electron chi connectivity index (χ0n) is 12.7. The van der Waals surface area contributed by atoms with E-state index in [1.54, 1.807) is 30.3 Å². The Morgan fingerprint density at radius 2 is 1.62 bits per heavy atom. The van der Waals surface area contributed by atoms with E-state index in [1.807, 2.05) is 0 Å². The largest absolute Gasteiger partial charge is 0.508 e. The summed E-state index contributed by atoms with van der Waals surface area (Å²) in [5.41, 5.74) is -0.0486. The Hall–Kier alpha value is -1.21. The maximum Gasteiger partial charge on any atom is 0.408 e. The Bertz CT molecular complexity index is 676. The summed E-state index contributed by atoms with van der Waals surface area (Å²) in [6.07, 6.45) is -4.45. The first kappa shape index (κ1) is 20.8. The molecule has 2 aromatic carbocycles. The van der Waals surface area contributed by atoms with E-state index in [-0.39, 0.29) is 36.1 Å². The number of hydrogen-bond acceptors (Lipinski definition) is 3. The van der Waals surface area contributed by atoms with E-state index in [0.29, 0.717) is 37.0 Å². The summed E-state index contributed by atoms with van der Waals surface area (Å²) in [6, 6.07) is 8.04. The number of benzene rings is 2. The van der Waals surface area contributed by atoms with E-state index in [2.05, 4.69) is 5.32 Å². The molecule has 0 amide bonds. The van der Waals surface area contributed by atoms with E-state index >= 15 is 0 Å². The highest BCUT2D eigenvalue weighted by Crippen LogP contribution is 2.44. The van der Waals surface area contributed by atoms with Crippen molar-refractivity contribution in [2.75, 3.05) is 26.2 Å². The van der Waals surface area contributed by atoms with Crippen molar-refractivity contribution in [2.45, 2.75) is 12.2 Å². The van der Waals surface area contributed by atoms with Gasteiger partial charge in [-0.15, -0.1) is 24.8 Å². The molecule has 2 aromatic rings. The van der Waals surface area contributed by atoms with Crippen LogP contribution in [0.3, 0.4) is 0 Å². The van der Waals surface area contributed by atoms with E-state index in [9.17, 15) is 18.3 Å². The van der Waals surface area contributed by atoms with Crippen molar-refractivity contribution >= 4 is 35.6 Å². The predicted molar refractivity (Wildman–Crippen MR) is 93.3 cm³/mol. The van der Waals surface area contributed by atoms with Crippen LogP contribution in [0.25, 0.3) is 10.8 Å². The maximum absolute atomic E-state index is 13.7. The van der Waals surface area contributed by atoms with Gasteiger partial charge >= 0.3 is 6.18 Å². The van der Waals surface area contributed by atoms with Gasteiger partial charge in [-0.1, -0.05) is 30.3 Å². The number of phenolic OH excluding ortho intramolecular Hbond substituents is 1. The number of halogens is 5. The lowest BCUT2D eigenvalue weighted by atomic mass is 9.95. The molecule has 1 heterocycles. The zero-order chi connectivity index (χ0) is 15.7. The molecule has 134 valence electrons. The van der Waals surface area contributed by atoms with E-state index in [4.69, 9.17) is 0 Å². The summed E-state index contributed by atoms with van der Waals surface area (Å²) in [4.78, 5) is 1.39. The lowest BCUT2D eigenvalue weighted by molar-refractivity contribution is -0.187.